The van der Waals surface area contributed by atoms with Gasteiger partial charge in [0.2, 0.25) is 13.6 Å². The summed E-state index contributed by atoms with van der Waals surface area (Å²) in [6.45, 7) is 45.7. The third-order valence-electron chi connectivity index (χ3n) is 15.9. The maximum atomic E-state index is 5.31. The van der Waals surface area contributed by atoms with Gasteiger partial charge in [-0.3, -0.25) is 9.97 Å². The van der Waals surface area contributed by atoms with Crippen LogP contribution in [0.3, 0.4) is 0 Å². The van der Waals surface area contributed by atoms with E-state index in [0.29, 0.717) is 24.9 Å². The molecule has 0 saturated carbocycles. The molecule has 7 nitrogen and oxygen atoms in total. The summed E-state index contributed by atoms with van der Waals surface area (Å²) in [5.74, 6) is 5.90. The number of fused-ring (bicyclic) bond motifs is 3. The van der Waals surface area contributed by atoms with E-state index in [1.54, 1.807) is 6.20 Å². The first-order chi connectivity index (χ1) is 45.4. The largest absolute Gasteiger partial charge is 0.493 e. The van der Waals surface area contributed by atoms with E-state index >= 15 is 0 Å². The van der Waals surface area contributed by atoms with Crippen molar-refractivity contribution in [2.24, 2.45) is 5.92 Å². The highest BCUT2D eigenvalue weighted by Gasteiger charge is 2.21. The Kier molecular flexibility index (Phi) is 28.3. The number of nitrogens with zero attached hydrogens (tertiary/aromatic N) is 2. The molecule has 0 N–H and O–H groups in total. The highest BCUT2D eigenvalue weighted by atomic mass is 16.7. The maximum Gasteiger partial charge on any atom is 0.231 e. The number of para-hydroxylation sites is 1. The Morgan fingerprint density at radius 2 is 0.656 bits per heavy atom. The van der Waals surface area contributed by atoms with Gasteiger partial charge in [0.1, 0.15) is 5.75 Å². The number of rotatable bonds is 4. The van der Waals surface area contributed by atoms with Crippen molar-refractivity contribution in [3.05, 3.63) is 282 Å². The Labute approximate surface area is 578 Å². The van der Waals surface area contributed by atoms with Gasteiger partial charge < -0.3 is 23.7 Å². The topological polar surface area (TPSA) is 71.9 Å². The fourth-order valence-corrected chi connectivity index (χ4v) is 9.89. The summed E-state index contributed by atoms with van der Waals surface area (Å²) in [5.41, 5.74) is 18.0. The minimum Gasteiger partial charge on any atom is -0.493 e. The van der Waals surface area contributed by atoms with Gasteiger partial charge in [-0.25, -0.2) is 0 Å². The second-order valence-corrected chi connectivity index (χ2v) is 30.5. The van der Waals surface area contributed by atoms with Crippen LogP contribution in [0.5, 0.6) is 28.7 Å². The second-order valence-electron chi connectivity index (χ2n) is 30.5. The summed E-state index contributed by atoms with van der Waals surface area (Å²) in [5, 5.41) is 0. The zero-order valence-electron chi connectivity index (χ0n) is 61.5. The normalized spacial score (nSPS) is 12.4. The molecular weight excluding hydrogens is 1180 g/mol. The Hall–Kier alpha value is -8.94. The van der Waals surface area contributed by atoms with Crippen molar-refractivity contribution in [3.63, 3.8) is 0 Å². The lowest BCUT2D eigenvalue weighted by molar-refractivity contribution is 0.173. The van der Waals surface area contributed by atoms with Gasteiger partial charge >= 0.3 is 0 Å². The summed E-state index contributed by atoms with van der Waals surface area (Å²) in [6.07, 6.45) is 8.43. The van der Waals surface area contributed by atoms with Crippen molar-refractivity contribution in [3.8, 4) is 62.1 Å². The number of hydrogen-bond acceptors (Lipinski definition) is 7. The minimum atomic E-state index is 0.168. The third kappa shape index (κ3) is 25.3. The molecule has 3 aliphatic rings. The van der Waals surface area contributed by atoms with Crippen LogP contribution in [0.15, 0.2) is 243 Å². The molecule has 13 rings (SSSR count). The van der Waals surface area contributed by atoms with Crippen LogP contribution in [0.4, 0.5) is 0 Å². The van der Waals surface area contributed by atoms with Crippen LogP contribution in [-0.4, -0.2) is 30.2 Å². The van der Waals surface area contributed by atoms with E-state index in [1.165, 1.54) is 72.3 Å². The molecule has 0 bridgehead atoms. The van der Waals surface area contributed by atoms with E-state index in [4.69, 9.17) is 23.7 Å². The SMILES string of the molecule is CC(C)(C)c1ccc(-c2ccccc2)cc1.CC(C)(C)c1ccc(-c2cccnc2)cc1.CC(C)(C)c1ccc(-c2ccncc2)cc1.CC(C)(C)c1ccc2c(c1)OCO2.CC(C)(C)c1ccccc1.CC(C)C.CC(C)c1ccc2c(c1)OCO2.c1ccc2c(c1)CCO2. The summed E-state index contributed by atoms with van der Waals surface area (Å²) >= 11 is 0. The van der Waals surface area contributed by atoms with Gasteiger partial charge in [0, 0.05) is 31.2 Å². The lowest BCUT2D eigenvalue weighted by Gasteiger charge is -2.19. The summed E-state index contributed by atoms with van der Waals surface area (Å²) < 4.78 is 26.3. The molecule has 0 aliphatic carbocycles. The van der Waals surface area contributed by atoms with E-state index in [1.807, 2.05) is 79.3 Å². The van der Waals surface area contributed by atoms with Crippen molar-refractivity contribution < 1.29 is 23.7 Å². The van der Waals surface area contributed by atoms with Gasteiger partial charge in [-0.2, -0.15) is 0 Å². The number of pyridine rings is 2. The van der Waals surface area contributed by atoms with Crippen LogP contribution in [0, 0.1) is 5.92 Å². The van der Waals surface area contributed by atoms with Gasteiger partial charge in [0.15, 0.2) is 23.0 Å². The molecule has 96 heavy (non-hydrogen) atoms. The highest BCUT2D eigenvalue weighted by Crippen LogP contribution is 2.37. The van der Waals surface area contributed by atoms with Crippen LogP contribution >= 0.6 is 0 Å². The predicted octanol–water partition coefficient (Wildman–Crippen LogP) is 24.3. The molecule has 506 valence electrons. The van der Waals surface area contributed by atoms with Crippen molar-refractivity contribution in [1.82, 2.24) is 9.97 Å². The van der Waals surface area contributed by atoms with E-state index in [2.05, 4.69) is 306 Å². The molecule has 10 aromatic rings. The van der Waals surface area contributed by atoms with E-state index in [-0.39, 0.29) is 21.7 Å². The quantitative estimate of drug-likeness (QED) is 0.174. The van der Waals surface area contributed by atoms with Gasteiger partial charge in [-0.1, -0.05) is 308 Å². The molecule has 8 aromatic carbocycles. The number of hydrogen-bond donors (Lipinski definition) is 0. The van der Waals surface area contributed by atoms with Gasteiger partial charge in [-0.15, -0.1) is 0 Å². The number of aromatic nitrogens is 2. The van der Waals surface area contributed by atoms with Crippen molar-refractivity contribution in [1.29, 1.82) is 0 Å². The Bertz CT molecular complexity index is 3580. The molecule has 2 aromatic heterocycles. The molecule has 0 spiro atoms. The standard InChI is InChI=1S/C16H18.2C15H17N.C11H14O2.C10H12O2.C10H14.C8H8O.C4H10/c1-16(2,3)15-11-9-14(10-12-15)13-7-5-4-6-8-13;1-15(2,3)14-6-4-12(5-7-14)13-8-10-16-11-9-13;1-15(2,3)14-8-6-12(7-9-14)13-5-4-10-16-11-13;1-11(2,3)8-4-5-9-10(6-8)13-7-12-9;1-7(2)8-3-4-9-10(5-8)12-6-11-9;1-10(2,3)9-7-5-4-6-8-9;1-2-4-8-7(3-1)5-6-9-8;1-4(2)3/h4-12H,1-3H3;2*4-11H,1-3H3;4-6H,7H2,1-3H3;3-5,7H,6H2,1-2H3;4-8H,1-3H3;1-4H,5-6H2;4H,1-3H3. The third-order valence-corrected chi connectivity index (χ3v) is 15.9. The van der Waals surface area contributed by atoms with E-state index in [9.17, 15) is 0 Å². The summed E-state index contributed by atoms with van der Waals surface area (Å²) in [7, 11) is 0. The highest BCUT2D eigenvalue weighted by molar-refractivity contribution is 5.65. The molecule has 0 unspecified atom stereocenters. The second kappa shape index (κ2) is 35.7. The van der Waals surface area contributed by atoms with Crippen LogP contribution in [0.25, 0.3) is 33.4 Å². The molecule has 7 heteroatoms. The molecular formula is C89H110N2O5. The molecule has 3 aliphatic heterocycles. The maximum absolute atomic E-state index is 5.31. The van der Waals surface area contributed by atoms with Crippen LogP contribution in [-0.2, 0) is 33.5 Å². The van der Waals surface area contributed by atoms with Crippen LogP contribution in [0.1, 0.15) is 183 Å². The minimum absolute atomic E-state index is 0.168. The van der Waals surface area contributed by atoms with Crippen molar-refractivity contribution in [2.45, 2.75) is 178 Å². The molecule has 0 fully saturated rings. The molecule has 0 atom stereocenters. The first kappa shape index (κ1) is 76.1. The van der Waals surface area contributed by atoms with Crippen molar-refractivity contribution >= 4 is 0 Å². The summed E-state index contributed by atoms with van der Waals surface area (Å²) in [4.78, 5) is 8.16. The van der Waals surface area contributed by atoms with Gasteiger partial charge in [-0.05, 0) is 160 Å². The molecule has 0 radical (unpaired) electrons. The fraction of sp³-hybridized carbons (Fsp3) is 0.348. The fourth-order valence-electron chi connectivity index (χ4n) is 9.89. The lowest BCUT2D eigenvalue weighted by atomic mass is 9.86. The van der Waals surface area contributed by atoms with Crippen molar-refractivity contribution in [2.75, 3.05) is 20.2 Å². The average molecular weight is 1290 g/mol. The zero-order chi connectivity index (χ0) is 70.1. The molecule has 5 heterocycles. The number of benzene rings is 8. The Morgan fingerprint density at radius 1 is 0.292 bits per heavy atom. The first-order valence-corrected chi connectivity index (χ1v) is 34.1. The zero-order valence-corrected chi connectivity index (χ0v) is 61.5. The lowest BCUT2D eigenvalue weighted by Crippen LogP contribution is -2.10. The molecule has 0 saturated heterocycles. The Balaban J connectivity index is 0.000000177. The predicted molar refractivity (Wildman–Crippen MR) is 407 cm³/mol. The smallest absolute Gasteiger partial charge is 0.231 e. The van der Waals surface area contributed by atoms with Gasteiger partial charge in [0.25, 0.3) is 0 Å². The van der Waals surface area contributed by atoms with Gasteiger partial charge in [0.05, 0.1) is 6.61 Å². The van der Waals surface area contributed by atoms with Crippen LogP contribution in [0.2, 0.25) is 0 Å². The van der Waals surface area contributed by atoms with E-state index in [0.717, 1.165) is 47.7 Å². The monoisotopic (exact) mass is 1290 g/mol. The van der Waals surface area contributed by atoms with Crippen LogP contribution < -0.4 is 23.7 Å². The molecule has 0 amide bonds. The van der Waals surface area contributed by atoms with E-state index < -0.39 is 0 Å². The number of ether oxygens (including phenoxy) is 5. The summed E-state index contributed by atoms with van der Waals surface area (Å²) in [6, 6.07) is 75.9. The average Bonchev–Trinajstić information content (AvgIpc) is 1.52. The first-order valence-electron chi connectivity index (χ1n) is 34.1. The Morgan fingerprint density at radius 3 is 1.08 bits per heavy atom.